The Morgan fingerprint density at radius 1 is 0.853 bits per heavy atom. The summed E-state index contributed by atoms with van der Waals surface area (Å²) in [6.45, 7) is 0. The maximum atomic E-state index is 15.2. The smallest absolute Gasteiger partial charge is 0.203 e. The van der Waals surface area contributed by atoms with Gasteiger partial charge in [0.1, 0.15) is 0 Å². The highest BCUT2D eigenvalue weighted by Gasteiger charge is 2.22. The number of benzene rings is 3. The molecule has 0 radical (unpaired) electrons. The first-order valence-corrected chi connectivity index (χ1v) is 12.1. The van der Waals surface area contributed by atoms with Crippen molar-refractivity contribution in [3.8, 4) is 23.0 Å². The lowest BCUT2D eigenvalue weighted by Gasteiger charge is -2.14. The van der Waals surface area contributed by atoms with Crippen LogP contribution in [-0.2, 0) is 15.6 Å². The molecule has 0 atom stereocenters. The molecule has 3 aromatic carbocycles. The second-order valence-corrected chi connectivity index (χ2v) is 9.58. The molecule has 0 fully saturated rings. The predicted molar refractivity (Wildman–Crippen MR) is 130 cm³/mol. The van der Waals surface area contributed by atoms with Gasteiger partial charge >= 0.3 is 0 Å². The van der Waals surface area contributed by atoms with Crippen molar-refractivity contribution in [3.05, 3.63) is 76.1 Å². The van der Waals surface area contributed by atoms with Crippen molar-refractivity contribution in [1.29, 1.82) is 0 Å². The lowest BCUT2D eigenvalue weighted by molar-refractivity contribution is 0.324. The summed E-state index contributed by atoms with van der Waals surface area (Å²) >= 11 is 5.95. The van der Waals surface area contributed by atoms with Gasteiger partial charge in [-0.2, -0.15) is 0 Å². The predicted octanol–water partition coefficient (Wildman–Crippen LogP) is 5.66. The van der Waals surface area contributed by atoms with Gasteiger partial charge in [0.25, 0.3) is 0 Å². The lowest BCUT2D eigenvalue weighted by Crippen LogP contribution is -2.09. The summed E-state index contributed by atoms with van der Waals surface area (Å²) in [6.07, 6.45) is 3.31. The monoisotopic (exact) mass is 506 g/mol. The third-order valence-corrected chi connectivity index (χ3v) is 6.97. The van der Waals surface area contributed by atoms with Gasteiger partial charge in [0.15, 0.2) is 32.9 Å². The first-order chi connectivity index (χ1) is 16.2. The van der Waals surface area contributed by atoms with E-state index in [1.165, 1.54) is 52.7 Å². The number of methoxy groups -OCH3 is 4. The Labute approximate surface area is 203 Å². The molecule has 0 aliphatic rings. The second kappa shape index (κ2) is 10.8. The van der Waals surface area contributed by atoms with E-state index in [4.69, 9.17) is 30.5 Å². The van der Waals surface area contributed by atoms with Crippen molar-refractivity contribution in [2.75, 3.05) is 28.4 Å². The highest BCUT2D eigenvalue weighted by atomic mass is 35.5. The number of sulfone groups is 1. The van der Waals surface area contributed by atoms with Crippen LogP contribution in [0.5, 0.6) is 23.0 Å². The fourth-order valence-corrected chi connectivity index (χ4v) is 5.08. The summed E-state index contributed by atoms with van der Waals surface area (Å²) in [7, 11) is 1.94. The first kappa shape index (κ1) is 25.4. The Morgan fingerprint density at radius 2 is 1.50 bits per heavy atom. The third-order valence-electron chi connectivity index (χ3n) is 5.10. The molecule has 180 valence electrons. The van der Waals surface area contributed by atoms with Gasteiger partial charge in [0.2, 0.25) is 5.75 Å². The number of rotatable bonds is 9. The highest BCUT2D eigenvalue weighted by molar-refractivity contribution is 7.90. The molecule has 3 rings (SSSR count). The Hall–Kier alpha value is -3.23. The molecule has 0 bridgehead atoms. The van der Waals surface area contributed by atoms with Crippen molar-refractivity contribution >= 4 is 33.6 Å². The maximum Gasteiger partial charge on any atom is 0.203 e. The van der Waals surface area contributed by atoms with Crippen LogP contribution in [0.1, 0.15) is 16.7 Å². The van der Waals surface area contributed by atoms with E-state index in [1.807, 2.05) is 0 Å². The molecule has 0 saturated carbocycles. The van der Waals surface area contributed by atoms with E-state index in [9.17, 15) is 8.42 Å². The molecule has 0 spiro atoms. The summed E-state index contributed by atoms with van der Waals surface area (Å²) in [6, 6.07) is 12.3. The molecule has 0 heterocycles. The van der Waals surface area contributed by atoms with Crippen molar-refractivity contribution in [2.24, 2.45) is 0 Å². The van der Waals surface area contributed by atoms with Crippen LogP contribution in [0.15, 0.2) is 53.4 Å². The van der Waals surface area contributed by atoms with Crippen LogP contribution in [0.4, 0.5) is 4.39 Å². The average Bonchev–Trinajstić information content (AvgIpc) is 2.83. The Balaban J connectivity index is 2.07. The highest BCUT2D eigenvalue weighted by Crippen LogP contribution is 2.39. The zero-order valence-electron chi connectivity index (χ0n) is 19.1. The van der Waals surface area contributed by atoms with Crippen LogP contribution in [0.25, 0.3) is 12.2 Å². The van der Waals surface area contributed by atoms with Gasteiger partial charge in [0, 0.05) is 10.6 Å². The van der Waals surface area contributed by atoms with Gasteiger partial charge in [-0.05, 0) is 47.5 Å². The Bertz CT molecular complexity index is 1300. The van der Waals surface area contributed by atoms with Crippen LogP contribution in [0, 0.1) is 5.82 Å². The fraction of sp³-hybridized carbons (Fsp3) is 0.200. The van der Waals surface area contributed by atoms with Crippen molar-refractivity contribution < 1.29 is 31.8 Å². The normalized spacial score (nSPS) is 11.5. The minimum Gasteiger partial charge on any atom is -0.494 e. The lowest BCUT2D eigenvalue weighted by atomic mass is 10.1. The minimum absolute atomic E-state index is 0.00165. The number of hydrogen-bond acceptors (Lipinski definition) is 6. The molecule has 0 unspecified atom stereocenters. The van der Waals surface area contributed by atoms with Gasteiger partial charge in [-0.1, -0.05) is 35.9 Å². The van der Waals surface area contributed by atoms with E-state index in [1.54, 1.807) is 36.4 Å². The average molecular weight is 507 g/mol. The van der Waals surface area contributed by atoms with Crippen molar-refractivity contribution in [2.45, 2.75) is 10.6 Å². The van der Waals surface area contributed by atoms with Crippen LogP contribution >= 0.6 is 11.6 Å². The van der Waals surface area contributed by atoms with Gasteiger partial charge in [-0.3, -0.25) is 0 Å². The molecule has 0 aliphatic carbocycles. The fourth-order valence-electron chi connectivity index (χ4n) is 3.39. The van der Waals surface area contributed by atoms with Gasteiger partial charge in [0.05, 0.1) is 39.1 Å². The summed E-state index contributed by atoms with van der Waals surface area (Å²) in [5.41, 5.74) is 1.02. The summed E-state index contributed by atoms with van der Waals surface area (Å²) < 4.78 is 62.4. The summed E-state index contributed by atoms with van der Waals surface area (Å²) in [5, 5.41) is 0.273. The first-order valence-electron chi connectivity index (χ1n) is 10.1. The molecule has 0 amide bonds. The van der Waals surface area contributed by atoms with Crippen LogP contribution in [-0.4, -0.2) is 36.9 Å². The molecule has 0 saturated heterocycles. The largest absolute Gasteiger partial charge is 0.494 e. The van der Waals surface area contributed by atoms with Crippen molar-refractivity contribution in [3.63, 3.8) is 0 Å². The molecule has 0 aromatic heterocycles. The van der Waals surface area contributed by atoms with Gasteiger partial charge in [-0.15, -0.1) is 0 Å². The molecule has 0 aliphatic heterocycles. The second-order valence-electron chi connectivity index (χ2n) is 7.16. The zero-order chi connectivity index (χ0) is 24.9. The minimum atomic E-state index is -3.89. The van der Waals surface area contributed by atoms with E-state index in [-0.39, 0.29) is 21.2 Å². The van der Waals surface area contributed by atoms with E-state index < -0.39 is 21.4 Å². The van der Waals surface area contributed by atoms with Gasteiger partial charge in [-0.25, -0.2) is 12.8 Å². The molecular weight excluding hydrogens is 483 g/mol. The van der Waals surface area contributed by atoms with Crippen LogP contribution in [0.3, 0.4) is 0 Å². The number of hydrogen-bond donors (Lipinski definition) is 0. The van der Waals surface area contributed by atoms with Crippen molar-refractivity contribution in [1.82, 2.24) is 0 Å². The van der Waals surface area contributed by atoms with Crippen LogP contribution in [0.2, 0.25) is 5.02 Å². The summed E-state index contributed by atoms with van der Waals surface area (Å²) in [4.78, 5) is 0.00165. The SMILES string of the molecule is COc1ccc(/C=C\c2cc(OC)c(OC)c(OC)c2)c(CS(=O)(=O)c2cccc(Cl)c2)c1F. The molecule has 34 heavy (non-hydrogen) atoms. The zero-order valence-corrected chi connectivity index (χ0v) is 20.7. The van der Waals surface area contributed by atoms with Crippen LogP contribution < -0.4 is 18.9 Å². The summed E-state index contributed by atoms with van der Waals surface area (Å²) in [5.74, 6) is -0.0460. The maximum absolute atomic E-state index is 15.2. The Morgan fingerprint density at radius 3 is 2.06 bits per heavy atom. The van der Waals surface area contributed by atoms with Gasteiger partial charge < -0.3 is 18.9 Å². The van der Waals surface area contributed by atoms with E-state index in [0.29, 0.717) is 28.4 Å². The molecule has 9 heteroatoms. The molecular formula is C25H24ClFO6S. The quantitative estimate of drug-likeness (QED) is 0.349. The Kier molecular flexibility index (Phi) is 8.06. The van der Waals surface area contributed by atoms with E-state index >= 15 is 4.39 Å². The molecule has 6 nitrogen and oxygen atoms in total. The third kappa shape index (κ3) is 5.46. The molecule has 3 aromatic rings. The molecule has 0 N–H and O–H groups in total. The standard InChI is InChI=1S/C25H24ClFO6S/c1-30-21-11-10-17(9-8-16-12-22(31-2)25(33-4)23(13-16)32-3)20(24(21)27)15-34(28,29)19-7-5-6-18(26)14-19/h5-14H,15H2,1-4H3/b9-8-. The van der Waals surface area contributed by atoms with E-state index in [2.05, 4.69) is 0 Å². The number of halogens is 2. The van der Waals surface area contributed by atoms with E-state index in [0.717, 1.165) is 0 Å². The number of ether oxygens (including phenoxy) is 4. The topological polar surface area (TPSA) is 71.1 Å².